The van der Waals surface area contributed by atoms with Gasteiger partial charge in [0.05, 0.1) is 12.1 Å². The van der Waals surface area contributed by atoms with E-state index in [-0.39, 0.29) is 87.5 Å². The molecule has 5 amide bonds. The average Bonchev–Trinajstić information content (AvgIpc) is 3.59. The van der Waals surface area contributed by atoms with E-state index in [1.807, 2.05) is 26.8 Å². The molecule has 15 nitrogen and oxygen atoms in total. The van der Waals surface area contributed by atoms with Gasteiger partial charge in [0, 0.05) is 56.6 Å². The Bertz CT molecular complexity index is 1640. The first kappa shape index (κ1) is 37.3. The number of carbonyl (C=O) groups excluding carboxylic acids is 5. The number of fused-ring (bicyclic) bond motifs is 1. The first-order valence-corrected chi connectivity index (χ1v) is 17.8. The van der Waals surface area contributed by atoms with E-state index in [0.29, 0.717) is 30.3 Å². The van der Waals surface area contributed by atoms with Gasteiger partial charge in [-0.2, -0.15) is 0 Å². The van der Waals surface area contributed by atoms with Gasteiger partial charge in [-0.3, -0.25) is 24.0 Å². The van der Waals surface area contributed by atoms with Crippen molar-refractivity contribution in [2.45, 2.75) is 83.8 Å². The maximum Gasteiger partial charge on any atom is 0.407 e. The highest BCUT2D eigenvalue weighted by atomic mass is 16.5. The average molecular weight is 709 g/mol. The summed E-state index contributed by atoms with van der Waals surface area (Å²) in [6.45, 7) is 6.49. The number of nitrogens with zero attached hydrogens (tertiary/aromatic N) is 4. The number of carboxylic acid groups (broad SMARTS) is 1. The summed E-state index contributed by atoms with van der Waals surface area (Å²) in [6, 6.07) is 5.32. The number of rotatable bonds is 13. The molecule has 1 aromatic carbocycles. The summed E-state index contributed by atoms with van der Waals surface area (Å²) in [4.78, 5) is 86.4. The van der Waals surface area contributed by atoms with Crippen LogP contribution in [0, 0.1) is 12.8 Å². The summed E-state index contributed by atoms with van der Waals surface area (Å²) in [5.41, 5.74) is 1.25. The van der Waals surface area contributed by atoms with Gasteiger partial charge in [-0.25, -0.2) is 9.78 Å². The van der Waals surface area contributed by atoms with Gasteiger partial charge in [0.15, 0.2) is 6.61 Å². The monoisotopic (exact) mass is 708 g/mol. The normalized spacial score (nSPS) is 18.3. The van der Waals surface area contributed by atoms with Gasteiger partial charge < -0.3 is 39.9 Å². The first-order valence-electron chi connectivity index (χ1n) is 17.8. The first-order chi connectivity index (χ1) is 24.4. The number of nitrogens with one attached hydrogen (secondary N) is 2. The molecule has 2 saturated heterocycles. The number of piperazine rings is 1. The van der Waals surface area contributed by atoms with Crippen molar-refractivity contribution in [1.82, 2.24) is 30.3 Å². The summed E-state index contributed by atoms with van der Waals surface area (Å²) in [6.07, 6.45) is 3.02. The number of hydrogen-bond acceptors (Lipinski definition) is 9. The fourth-order valence-corrected chi connectivity index (χ4v) is 6.37. The Balaban J connectivity index is 1.31. The number of aryl methyl sites for hydroxylation is 1. The van der Waals surface area contributed by atoms with Gasteiger partial charge in [-0.05, 0) is 69.1 Å². The number of aromatic nitrogens is 1. The van der Waals surface area contributed by atoms with Crippen molar-refractivity contribution in [2.24, 2.45) is 5.92 Å². The quantitative estimate of drug-likeness (QED) is 0.261. The van der Waals surface area contributed by atoms with Crippen LogP contribution in [0.4, 0.5) is 4.79 Å². The van der Waals surface area contributed by atoms with Crippen LogP contribution in [-0.4, -0.2) is 125 Å². The summed E-state index contributed by atoms with van der Waals surface area (Å²) >= 11 is 0. The molecule has 2 atom stereocenters. The number of benzene rings is 1. The van der Waals surface area contributed by atoms with E-state index in [4.69, 9.17) is 9.47 Å². The molecule has 51 heavy (non-hydrogen) atoms. The molecule has 276 valence electrons. The lowest BCUT2D eigenvalue weighted by Crippen LogP contribution is -2.55. The van der Waals surface area contributed by atoms with Crippen molar-refractivity contribution in [1.29, 1.82) is 0 Å². The molecule has 5 rings (SSSR count). The lowest BCUT2D eigenvalue weighted by atomic mass is 9.93. The molecule has 15 heteroatoms. The van der Waals surface area contributed by atoms with Gasteiger partial charge in [0.25, 0.3) is 11.8 Å². The Labute approximate surface area is 297 Å². The van der Waals surface area contributed by atoms with Crippen molar-refractivity contribution in [3.8, 4) is 5.75 Å². The Morgan fingerprint density at radius 2 is 1.69 bits per heavy atom. The minimum absolute atomic E-state index is 0.0451. The van der Waals surface area contributed by atoms with E-state index in [2.05, 4.69) is 15.6 Å². The molecule has 3 aliphatic rings. The van der Waals surface area contributed by atoms with Gasteiger partial charge in [-0.15, -0.1) is 0 Å². The van der Waals surface area contributed by atoms with Crippen LogP contribution in [0.5, 0.6) is 5.75 Å². The second-order valence-electron chi connectivity index (χ2n) is 13.9. The van der Waals surface area contributed by atoms with Crippen molar-refractivity contribution in [2.75, 3.05) is 45.9 Å². The maximum atomic E-state index is 13.8. The number of amides is 5. The Morgan fingerprint density at radius 1 is 0.961 bits per heavy atom. The molecule has 3 N–H and O–H groups in total. The van der Waals surface area contributed by atoms with E-state index in [1.54, 1.807) is 17.0 Å². The zero-order valence-corrected chi connectivity index (χ0v) is 29.5. The number of pyridine rings is 1. The molecular weight excluding hydrogens is 660 g/mol. The second kappa shape index (κ2) is 16.8. The summed E-state index contributed by atoms with van der Waals surface area (Å²) < 4.78 is 11.3. The van der Waals surface area contributed by atoms with Crippen LogP contribution in [0.15, 0.2) is 24.3 Å². The largest absolute Gasteiger partial charge is 0.483 e. The number of ether oxygens (including phenoxy) is 2. The number of likely N-dealkylation sites (tertiary alicyclic amines) is 1. The van der Waals surface area contributed by atoms with Crippen LogP contribution >= 0.6 is 0 Å². The lowest BCUT2D eigenvalue weighted by Gasteiger charge is -2.35. The van der Waals surface area contributed by atoms with Gasteiger partial charge in [-0.1, -0.05) is 19.9 Å². The predicted octanol–water partition coefficient (Wildman–Crippen LogP) is 2.48. The third-order valence-corrected chi connectivity index (χ3v) is 9.52. The zero-order valence-electron chi connectivity index (χ0n) is 29.5. The van der Waals surface area contributed by atoms with E-state index in [0.717, 1.165) is 24.8 Å². The van der Waals surface area contributed by atoms with Gasteiger partial charge in [0.1, 0.15) is 23.5 Å². The molecule has 1 saturated carbocycles. The number of hydrogen-bond donors (Lipinski definition) is 3. The fraction of sp³-hybridized carbons (Fsp3) is 0.583. The van der Waals surface area contributed by atoms with Crippen molar-refractivity contribution >= 4 is 46.6 Å². The van der Waals surface area contributed by atoms with Crippen LogP contribution in [0.25, 0.3) is 10.9 Å². The van der Waals surface area contributed by atoms with E-state index < -0.39 is 36.0 Å². The standard InChI is InChI=1S/C36H48N6O9/c1-22(2)20-51-32(44)12-11-26(35(47)40-14-16-41(17-15-40)36(48)49)39-33(45)28-19-30(25-10-9-23(3)18-27(25)38-28)50-21-31(43)42-13-5-8-29(42)34(46)37-24-6-4-7-24/h9-10,18-19,22,24,26,29H,4-8,11-17,20-21H2,1-3H3,(H,37,46)(H,39,45)(H,48,49)/t26-,29-/m0/s1. The van der Waals surface area contributed by atoms with Crippen LogP contribution < -0.4 is 15.4 Å². The number of esters is 1. The summed E-state index contributed by atoms with van der Waals surface area (Å²) in [5.74, 6) is -1.79. The molecular formula is C36H48N6O9. The molecule has 0 bridgehead atoms. The molecule has 2 aliphatic heterocycles. The van der Waals surface area contributed by atoms with Crippen molar-refractivity contribution < 1.29 is 43.3 Å². The van der Waals surface area contributed by atoms with Crippen LogP contribution in [0.1, 0.15) is 74.8 Å². The van der Waals surface area contributed by atoms with Gasteiger partial charge in [0.2, 0.25) is 11.8 Å². The minimum atomic E-state index is -1.13. The van der Waals surface area contributed by atoms with Gasteiger partial charge >= 0.3 is 12.1 Å². The maximum absolute atomic E-state index is 13.8. The molecule has 0 radical (unpaired) electrons. The number of carbonyl (C=O) groups is 6. The molecule has 1 aliphatic carbocycles. The Morgan fingerprint density at radius 3 is 2.35 bits per heavy atom. The smallest absolute Gasteiger partial charge is 0.407 e. The summed E-state index contributed by atoms with van der Waals surface area (Å²) in [7, 11) is 0. The van der Waals surface area contributed by atoms with Crippen LogP contribution in [-0.2, 0) is 23.9 Å². The highest BCUT2D eigenvalue weighted by Crippen LogP contribution is 2.28. The van der Waals surface area contributed by atoms with E-state index >= 15 is 0 Å². The molecule has 2 aromatic rings. The topological polar surface area (TPSA) is 188 Å². The molecule has 0 unspecified atom stereocenters. The highest BCUT2D eigenvalue weighted by molar-refractivity contribution is 5.99. The van der Waals surface area contributed by atoms with Crippen molar-refractivity contribution in [3.63, 3.8) is 0 Å². The second-order valence-corrected chi connectivity index (χ2v) is 13.9. The molecule has 0 spiro atoms. The molecule has 1 aromatic heterocycles. The van der Waals surface area contributed by atoms with Crippen LogP contribution in [0.3, 0.4) is 0 Å². The zero-order chi connectivity index (χ0) is 36.7. The lowest BCUT2D eigenvalue weighted by molar-refractivity contribution is -0.145. The molecule has 3 fully saturated rings. The van der Waals surface area contributed by atoms with Crippen molar-refractivity contribution in [3.05, 3.63) is 35.5 Å². The SMILES string of the molecule is Cc1ccc2c(OCC(=O)N3CCC[C@H]3C(=O)NC3CCC3)cc(C(=O)N[C@@H](CCC(=O)OCC(C)C)C(=O)N3CCN(C(=O)O)CC3)nc2c1. The predicted molar refractivity (Wildman–Crippen MR) is 185 cm³/mol. The third-order valence-electron chi connectivity index (χ3n) is 9.52. The highest BCUT2D eigenvalue weighted by Gasteiger charge is 2.36. The minimum Gasteiger partial charge on any atom is -0.483 e. The summed E-state index contributed by atoms with van der Waals surface area (Å²) in [5, 5.41) is 15.7. The third kappa shape index (κ3) is 9.64. The molecule has 3 heterocycles. The van der Waals surface area contributed by atoms with E-state index in [9.17, 15) is 33.9 Å². The van der Waals surface area contributed by atoms with E-state index in [1.165, 1.54) is 15.9 Å². The fourth-order valence-electron chi connectivity index (χ4n) is 6.37. The van der Waals surface area contributed by atoms with Crippen LogP contribution in [0.2, 0.25) is 0 Å². The Hall–Kier alpha value is -4.95. The Kier molecular flexibility index (Phi) is 12.3.